The monoisotopic (exact) mass is 325 g/mol. The van der Waals surface area contributed by atoms with E-state index in [0.717, 1.165) is 47.0 Å². The van der Waals surface area contributed by atoms with Gasteiger partial charge in [0.05, 0.1) is 12.1 Å². The van der Waals surface area contributed by atoms with E-state index >= 15 is 0 Å². The second-order valence-corrected chi connectivity index (χ2v) is 6.12. The van der Waals surface area contributed by atoms with E-state index in [4.69, 9.17) is 16.6 Å². The number of nitrogens with one attached hydrogen (secondary N) is 1. The lowest BCUT2D eigenvalue weighted by atomic mass is 10.1. The highest BCUT2D eigenvalue weighted by molar-refractivity contribution is 6.30. The summed E-state index contributed by atoms with van der Waals surface area (Å²) in [6.45, 7) is 5.77. The topological polar surface area (TPSA) is 54.6 Å². The molecule has 1 N–H and O–H groups in total. The van der Waals surface area contributed by atoms with Crippen molar-refractivity contribution in [1.82, 2.24) is 19.9 Å². The number of aromatic nitrogens is 3. The smallest absolute Gasteiger partial charge is 0.182 e. The average Bonchev–Trinajstić information content (AvgIpc) is 3.17. The van der Waals surface area contributed by atoms with Gasteiger partial charge in [0.1, 0.15) is 5.84 Å². The first kappa shape index (κ1) is 14.2. The zero-order valence-electron chi connectivity index (χ0n) is 13.0. The number of amidine groups is 1. The molecular formula is C17H16ClN5. The summed E-state index contributed by atoms with van der Waals surface area (Å²) in [5, 5.41) is 8.67. The lowest BCUT2D eigenvalue weighted by Gasteiger charge is -2.09. The molecule has 6 heteroatoms. The molecule has 0 unspecified atom stereocenters. The second kappa shape index (κ2) is 5.35. The Balaban J connectivity index is 1.97. The number of aliphatic imine (C=N–C) groups is 1. The Morgan fingerprint density at radius 2 is 2.09 bits per heavy atom. The van der Waals surface area contributed by atoms with Gasteiger partial charge in [-0.05, 0) is 37.6 Å². The van der Waals surface area contributed by atoms with Crippen molar-refractivity contribution in [1.29, 1.82) is 0 Å². The van der Waals surface area contributed by atoms with Crippen molar-refractivity contribution in [2.45, 2.75) is 13.8 Å². The SMILES string of the molecule is Cc1cc(C)n2nc(-c3cccc(Cl)c3)nc2c1C1=NCCN1. The van der Waals surface area contributed by atoms with Crippen LogP contribution in [0.15, 0.2) is 35.3 Å². The number of hydrogen-bond donors (Lipinski definition) is 1. The molecule has 0 amide bonds. The molecule has 0 aliphatic carbocycles. The van der Waals surface area contributed by atoms with Crippen LogP contribution in [0.4, 0.5) is 0 Å². The minimum absolute atomic E-state index is 0.668. The summed E-state index contributed by atoms with van der Waals surface area (Å²) < 4.78 is 1.88. The van der Waals surface area contributed by atoms with Crippen molar-refractivity contribution in [3.63, 3.8) is 0 Å². The number of hydrogen-bond acceptors (Lipinski definition) is 4. The highest BCUT2D eigenvalue weighted by Gasteiger charge is 2.19. The Bertz CT molecular complexity index is 942. The molecule has 0 bridgehead atoms. The summed E-state index contributed by atoms with van der Waals surface area (Å²) in [5.41, 5.74) is 4.94. The summed E-state index contributed by atoms with van der Waals surface area (Å²) in [5.74, 6) is 1.57. The third-order valence-corrected chi connectivity index (χ3v) is 4.21. The molecule has 0 spiro atoms. The molecule has 1 aliphatic heterocycles. The molecule has 0 fully saturated rings. The van der Waals surface area contributed by atoms with Crippen LogP contribution in [0.1, 0.15) is 16.8 Å². The van der Waals surface area contributed by atoms with Crippen molar-refractivity contribution in [2.75, 3.05) is 13.1 Å². The Morgan fingerprint density at radius 1 is 1.22 bits per heavy atom. The fourth-order valence-electron chi connectivity index (χ4n) is 2.95. The highest BCUT2D eigenvalue weighted by atomic mass is 35.5. The van der Waals surface area contributed by atoms with Crippen LogP contribution in [-0.4, -0.2) is 33.5 Å². The Labute approximate surface area is 139 Å². The molecule has 4 rings (SSSR count). The predicted octanol–water partition coefficient (Wildman–Crippen LogP) is 3.02. The van der Waals surface area contributed by atoms with Crippen LogP contribution >= 0.6 is 11.6 Å². The van der Waals surface area contributed by atoms with Gasteiger partial charge in [-0.2, -0.15) is 0 Å². The first-order chi connectivity index (χ1) is 11.1. The standard InChI is InChI=1S/C17H16ClN5/c1-10-8-11(2)23-17(14(10)16-19-6-7-20-16)21-15(22-23)12-4-3-5-13(18)9-12/h3-5,8-9H,6-7H2,1-2H3,(H,19,20). The van der Waals surface area contributed by atoms with Gasteiger partial charge in [-0.1, -0.05) is 23.7 Å². The van der Waals surface area contributed by atoms with Gasteiger partial charge in [-0.25, -0.2) is 9.50 Å². The molecule has 3 heterocycles. The van der Waals surface area contributed by atoms with E-state index in [2.05, 4.69) is 28.4 Å². The van der Waals surface area contributed by atoms with Crippen molar-refractivity contribution >= 4 is 23.1 Å². The largest absolute Gasteiger partial charge is 0.368 e. The van der Waals surface area contributed by atoms with Crippen LogP contribution in [-0.2, 0) is 0 Å². The van der Waals surface area contributed by atoms with E-state index in [0.29, 0.717) is 10.8 Å². The third kappa shape index (κ3) is 2.37. The van der Waals surface area contributed by atoms with E-state index in [1.54, 1.807) is 0 Å². The van der Waals surface area contributed by atoms with Gasteiger partial charge in [0.25, 0.3) is 0 Å². The maximum absolute atomic E-state index is 6.09. The maximum atomic E-state index is 6.09. The second-order valence-electron chi connectivity index (χ2n) is 5.68. The van der Waals surface area contributed by atoms with Crippen LogP contribution in [0.3, 0.4) is 0 Å². The molecule has 5 nitrogen and oxygen atoms in total. The number of rotatable bonds is 2. The molecule has 3 aromatic rings. The van der Waals surface area contributed by atoms with Crippen molar-refractivity contribution in [3.8, 4) is 11.4 Å². The van der Waals surface area contributed by atoms with E-state index in [1.165, 1.54) is 0 Å². The summed E-state index contributed by atoms with van der Waals surface area (Å²) in [6, 6.07) is 9.71. The van der Waals surface area contributed by atoms with Crippen LogP contribution in [0.2, 0.25) is 5.02 Å². The van der Waals surface area contributed by atoms with E-state index < -0.39 is 0 Å². The first-order valence-corrected chi connectivity index (χ1v) is 7.93. The molecule has 1 aliphatic rings. The number of benzene rings is 1. The zero-order valence-corrected chi connectivity index (χ0v) is 13.7. The molecular weight excluding hydrogens is 310 g/mol. The predicted molar refractivity (Wildman–Crippen MR) is 92.3 cm³/mol. The summed E-state index contributed by atoms with van der Waals surface area (Å²) >= 11 is 6.09. The van der Waals surface area contributed by atoms with Gasteiger partial charge < -0.3 is 5.32 Å². The van der Waals surface area contributed by atoms with Gasteiger partial charge in [0, 0.05) is 22.8 Å². The van der Waals surface area contributed by atoms with Gasteiger partial charge in [0.15, 0.2) is 11.5 Å². The number of halogens is 1. The average molecular weight is 326 g/mol. The Kier molecular flexibility index (Phi) is 3.31. The fraction of sp³-hybridized carbons (Fsp3) is 0.235. The molecule has 116 valence electrons. The Morgan fingerprint density at radius 3 is 2.83 bits per heavy atom. The molecule has 23 heavy (non-hydrogen) atoms. The fourth-order valence-corrected chi connectivity index (χ4v) is 3.14. The molecule has 0 atom stereocenters. The molecule has 0 radical (unpaired) electrons. The minimum atomic E-state index is 0.668. The van der Waals surface area contributed by atoms with E-state index in [9.17, 15) is 0 Å². The summed E-state index contributed by atoms with van der Waals surface area (Å²) in [6.07, 6.45) is 0. The quantitative estimate of drug-likeness (QED) is 0.788. The number of fused-ring (bicyclic) bond motifs is 1. The number of pyridine rings is 1. The molecule has 1 aromatic carbocycles. The van der Waals surface area contributed by atoms with Crippen LogP contribution in [0, 0.1) is 13.8 Å². The van der Waals surface area contributed by atoms with Gasteiger partial charge in [-0.3, -0.25) is 4.99 Å². The van der Waals surface area contributed by atoms with Gasteiger partial charge in [-0.15, -0.1) is 5.10 Å². The van der Waals surface area contributed by atoms with Gasteiger partial charge in [0.2, 0.25) is 0 Å². The van der Waals surface area contributed by atoms with Crippen LogP contribution < -0.4 is 5.32 Å². The number of nitrogens with zero attached hydrogens (tertiary/aromatic N) is 4. The van der Waals surface area contributed by atoms with E-state index in [1.807, 2.05) is 35.7 Å². The first-order valence-electron chi connectivity index (χ1n) is 7.55. The summed E-state index contributed by atoms with van der Waals surface area (Å²) in [7, 11) is 0. The van der Waals surface area contributed by atoms with Crippen LogP contribution in [0.5, 0.6) is 0 Å². The normalized spacial score (nSPS) is 14.1. The zero-order chi connectivity index (χ0) is 16.0. The minimum Gasteiger partial charge on any atom is -0.368 e. The van der Waals surface area contributed by atoms with Gasteiger partial charge >= 0.3 is 0 Å². The molecule has 0 saturated heterocycles. The van der Waals surface area contributed by atoms with Crippen molar-refractivity contribution in [2.24, 2.45) is 4.99 Å². The maximum Gasteiger partial charge on any atom is 0.182 e. The highest BCUT2D eigenvalue weighted by Crippen LogP contribution is 2.24. The number of aryl methyl sites for hydroxylation is 2. The van der Waals surface area contributed by atoms with Crippen molar-refractivity contribution in [3.05, 3.63) is 52.2 Å². The van der Waals surface area contributed by atoms with Crippen LogP contribution in [0.25, 0.3) is 17.0 Å². The van der Waals surface area contributed by atoms with E-state index in [-0.39, 0.29) is 0 Å². The molecule has 0 saturated carbocycles. The lowest BCUT2D eigenvalue weighted by Crippen LogP contribution is -2.21. The lowest BCUT2D eigenvalue weighted by molar-refractivity contribution is 0.911. The summed E-state index contributed by atoms with van der Waals surface area (Å²) in [4.78, 5) is 9.31. The third-order valence-electron chi connectivity index (χ3n) is 3.98. The Hall–Kier alpha value is -2.40. The molecule has 2 aromatic heterocycles. The van der Waals surface area contributed by atoms with Crippen molar-refractivity contribution < 1.29 is 0 Å².